The van der Waals surface area contributed by atoms with Crippen molar-refractivity contribution in [3.63, 3.8) is 0 Å². The molecule has 5 aromatic rings. The van der Waals surface area contributed by atoms with Gasteiger partial charge in [0.15, 0.2) is 0 Å². The molecule has 1 N–H and O–H groups in total. The minimum Gasteiger partial charge on any atom is -0.322 e. The molecule has 0 atom stereocenters. The number of fused-ring (bicyclic) bond motifs is 1. The first kappa shape index (κ1) is 21.9. The molecule has 0 spiro atoms. The summed E-state index contributed by atoms with van der Waals surface area (Å²) in [4.78, 5) is 5.08. The quantitative estimate of drug-likeness (QED) is 0.374. The molecule has 172 valence electrons. The molecule has 0 fully saturated rings. The van der Waals surface area contributed by atoms with E-state index < -0.39 is 0 Å². The Morgan fingerprint density at radius 1 is 0.824 bits per heavy atom. The lowest BCUT2D eigenvalue weighted by molar-refractivity contribution is 0.681. The highest BCUT2D eigenvalue weighted by atomic mass is 15.5. The van der Waals surface area contributed by atoms with Gasteiger partial charge in [-0.25, -0.2) is 4.98 Å². The second kappa shape index (κ2) is 9.13. The average Bonchev–Trinajstić information content (AvgIpc) is 3.53. The number of H-pyrrole nitrogens is 1. The molecule has 5 rings (SSSR count). The number of aromatic amines is 1. The van der Waals surface area contributed by atoms with Crippen LogP contribution in [0.5, 0.6) is 0 Å². The molecule has 0 saturated carbocycles. The maximum absolute atomic E-state index is 5.08. The standard InChI is InChI=1S/C26H28N8/c1-5-21-23-24(22(6-2)29-28-21)34(26(27-23)16(3)4)15-17-11-7-8-12-18(17)19-13-9-10-14-20(19)25-30-32-33-31-25/h7-14,16H,5-6,15H2,1-4H3,(H,30,31,32,33). The third kappa shape index (κ3) is 3.75. The summed E-state index contributed by atoms with van der Waals surface area (Å²) in [6.07, 6.45) is 1.61. The number of benzene rings is 2. The highest BCUT2D eigenvalue weighted by Gasteiger charge is 2.21. The molecule has 0 bridgehead atoms. The molecule has 0 aliphatic rings. The van der Waals surface area contributed by atoms with E-state index in [9.17, 15) is 0 Å². The molecule has 3 aromatic heterocycles. The van der Waals surface area contributed by atoms with Crippen LogP contribution < -0.4 is 0 Å². The van der Waals surface area contributed by atoms with Crippen molar-refractivity contribution >= 4 is 11.0 Å². The molecule has 8 nitrogen and oxygen atoms in total. The zero-order chi connectivity index (χ0) is 23.7. The normalized spacial score (nSPS) is 11.6. The summed E-state index contributed by atoms with van der Waals surface area (Å²) in [5, 5.41) is 23.8. The summed E-state index contributed by atoms with van der Waals surface area (Å²) < 4.78 is 2.34. The first-order chi connectivity index (χ1) is 16.6. The smallest absolute Gasteiger partial charge is 0.205 e. The van der Waals surface area contributed by atoms with Gasteiger partial charge in [-0.15, -0.1) is 10.2 Å². The van der Waals surface area contributed by atoms with Gasteiger partial charge in [-0.3, -0.25) is 0 Å². The van der Waals surface area contributed by atoms with Gasteiger partial charge in [0, 0.05) is 11.5 Å². The summed E-state index contributed by atoms with van der Waals surface area (Å²) in [6, 6.07) is 16.7. The van der Waals surface area contributed by atoms with Crippen molar-refractivity contribution in [1.29, 1.82) is 0 Å². The lowest BCUT2D eigenvalue weighted by Crippen LogP contribution is -2.10. The van der Waals surface area contributed by atoms with Crippen molar-refractivity contribution in [2.45, 2.75) is 53.0 Å². The molecule has 0 aliphatic heterocycles. The van der Waals surface area contributed by atoms with E-state index in [2.05, 4.69) is 93.4 Å². The first-order valence-corrected chi connectivity index (χ1v) is 11.8. The predicted octanol–water partition coefficient (Wildman–Crippen LogP) is 4.97. The Kier molecular flexibility index (Phi) is 5.88. The van der Waals surface area contributed by atoms with Gasteiger partial charge in [-0.2, -0.15) is 15.4 Å². The van der Waals surface area contributed by atoms with Crippen LogP contribution in [0.2, 0.25) is 0 Å². The molecular formula is C26H28N8. The van der Waals surface area contributed by atoms with E-state index in [1.807, 2.05) is 18.2 Å². The molecule has 0 unspecified atom stereocenters. The zero-order valence-electron chi connectivity index (χ0n) is 19.9. The van der Waals surface area contributed by atoms with Gasteiger partial charge in [0.25, 0.3) is 0 Å². The summed E-state index contributed by atoms with van der Waals surface area (Å²) in [6.45, 7) is 9.28. The van der Waals surface area contributed by atoms with Crippen LogP contribution in [0.25, 0.3) is 33.5 Å². The van der Waals surface area contributed by atoms with Gasteiger partial charge in [-0.05, 0) is 34.7 Å². The Morgan fingerprint density at radius 3 is 2.18 bits per heavy atom. The van der Waals surface area contributed by atoms with Gasteiger partial charge in [-0.1, -0.05) is 76.2 Å². The molecule has 3 heterocycles. The van der Waals surface area contributed by atoms with Crippen LogP contribution in [0.1, 0.15) is 56.4 Å². The molecule has 0 radical (unpaired) electrons. The Hall–Kier alpha value is -3.94. The molecule has 0 aliphatic carbocycles. The minimum atomic E-state index is 0.264. The van der Waals surface area contributed by atoms with Crippen LogP contribution in [-0.2, 0) is 19.4 Å². The number of aromatic nitrogens is 8. The Bertz CT molecular complexity index is 1430. The van der Waals surface area contributed by atoms with Crippen molar-refractivity contribution in [2.75, 3.05) is 0 Å². The number of imidazole rings is 1. The van der Waals surface area contributed by atoms with Gasteiger partial charge < -0.3 is 4.57 Å². The van der Waals surface area contributed by atoms with E-state index in [-0.39, 0.29) is 5.92 Å². The van der Waals surface area contributed by atoms with Crippen LogP contribution >= 0.6 is 0 Å². The third-order valence-electron chi connectivity index (χ3n) is 6.17. The monoisotopic (exact) mass is 452 g/mol. The molecule has 2 aromatic carbocycles. The average molecular weight is 453 g/mol. The van der Waals surface area contributed by atoms with Gasteiger partial charge in [0.05, 0.1) is 23.4 Å². The van der Waals surface area contributed by atoms with Crippen LogP contribution in [0.3, 0.4) is 0 Å². The molecule has 34 heavy (non-hydrogen) atoms. The molecule has 0 amide bonds. The van der Waals surface area contributed by atoms with E-state index in [4.69, 9.17) is 4.98 Å². The fourth-order valence-corrected chi connectivity index (χ4v) is 4.54. The zero-order valence-corrected chi connectivity index (χ0v) is 19.9. The van der Waals surface area contributed by atoms with E-state index in [1.165, 1.54) is 5.56 Å². The fourth-order valence-electron chi connectivity index (χ4n) is 4.54. The Balaban J connectivity index is 1.71. The number of aryl methyl sites for hydroxylation is 2. The van der Waals surface area contributed by atoms with Crippen LogP contribution in [-0.4, -0.2) is 40.4 Å². The lowest BCUT2D eigenvalue weighted by Gasteiger charge is -2.17. The summed E-state index contributed by atoms with van der Waals surface area (Å²) >= 11 is 0. The number of nitrogens with zero attached hydrogens (tertiary/aromatic N) is 7. The molecular weight excluding hydrogens is 424 g/mol. The van der Waals surface area contributed by atoms with Crippen molar-refractivity contribution < 1.29 is 0 Å². The van der Waals surface area contributed by atoms with E-state index in [0.717, 1.165) is 57.8 Å². The van der Waals surface area contributed by atoms with Gasteiger partial charge in [0.2, 0.25) is 5.82 Å². The third-order valence-corrected chi connectivity index (χ3v) is 6.17. The number of hydrogen-bond acceptors (Lipinski definition) is 6. The first-order valence-electron chi connectivity index (χ1n) is 11.8. The highest BCUT2D eigenvalue weighted by molar-refractivity contribution is 5.83. The maximum atomic E-state index is 5.08. The Labute approximate surface area is 198 Å². The number of hydrogen-bond donors (Lipinski definition) is 1. The highest BCUT2D eigenvalue weighted by Crippen LogP contribution is 2.34. The summed E-state index contributed by atoms with van der Waals surface area (Å²) in [7, 11) is 0. The van der Waals surface area contributed by atoms with E-state index in [1.54, 1.807) is 0 Å². The van der Waals surface area contributed by atoms with Crippen molar-refractivity contribution in [3.05, 3.63) is 71.3 Å². The minimum absolute atomic E-state index is 0.264. The van der Waals surface area contributed by atoms with E-state index >= 15 is 0 Å². The SMILES string of the molecule is CCc1nnc(CC)c2c1nc(C(C)C)n2Cc1ccccc1-c1ccccc1-c1nn[nH]n1. The number of nitrogens with one attached hydrogen (secondary N) is 1. The predicted molar refractivity (Wildman–Crippen MR) is 132 cm³/mol. The van der Waals surface area contributed by atoms with Crippen molar-refractivity contribution in [3.8, 4) is 22.5 Å². The van der Waals surface area contributed by atoms with Gasteiger partial charge >= 0.3 is 0 Å². The Morgan fingerprint density at radius 2 is 1.50 bits per heavy atom. The second-order valence-electron chi connectivity index (χ2n) is 8.65. The second-order valence-corrected chi connectivity index (χ2v) is 8.65. The number of tetrazole rings is 1. The van der Waals surface area contributed by atoms with Crippen LogP contribution in [0, 0.1) is 0 Å². The van der Waals surface area contributed by atoms with E-state index in [0.29, 0.717) is 12.4 Å². The topological polar surface area (TPSA) is 98.1 Å². The fraction of sp³-hybridized carbons (Fsp3) is 0.308. The van der Waals surface area contributed by atoms with Crippen LogP contribution in [0.15, 0.2) is 48.5 Å². The maximum Gasteiger partial charge on any atom is 0.205 e. The molecule has 8 heteroatoms. The summed E-state index contributed by atoms with van der Waals surface area (Å²) in [5.74, 6) is 1.90. The number of rotatable bonds is 7. The molecule has 0 saturated heterocycles. The van der Waals surface area contributed by atoms with Crippen molar-refractivity contribution in [1.82, 2.24) is 40.4 Å². The lowest BCUT2D eigenvalue weighted by atomic mass is 9.95. The van der Waals surface area contributed by atoms with Gasteiger partial charge in [0.1, 0.15) is 11.3 Å². The summed E-state index contributed by atoms with van der Waals surface area (Å²) in [5.41, 5.74) is 8.34. The van der Waals surface area contributed by atoms with Crippen molar-refractivity contribution in [2.24, 2.45) is 0 Å². The van der Waals surface area contributed by atoms with Crippen LogP contribution in [0.4, 0.5) is 0 Å². The largest absolute Gasteiger partial charge is 0.322 e.